The van der Waals surface area contributed by atoms with Gasteiger partial charge in [0.25, 0.3) is 0 Å². The number of aromatic nitrogens is 2. The van der Waals surface area contributed by atoms with Gasteiger partial charge in [-0.3, -0.25) is 0 Å². The van der Waals surface area contributed by atoms with E-state index in [1.54, 1.807) is 35.9 Å². The normalized spacial score (nSPS) is 12.9. The third-order valence-electron chi connectivity index (χ3n) is 3.59. The number of aromatic carboxylic acids is 1. The zero-order chi connectivity index (χ0) is 15.0. The van der Waals surface area contributed by atoms with Crippen LogP contribution in [0, 0.1) is 5.92 Å². The predicted octanol–water partition coefficient (Wildman–Crippen LogP) is 4.04. The molecule has 1 aromatic carbocycles. The van der Waals surface area contributed by atoms with Crippen LogP contribution in [-0.4, -0.2) is 20.6 Å². The molecular formula is C16H16N2O2S. The average Bonchev–Trinajstić information content (AvgIpc) is 3.09. The van der Waals surface area contributed by atoms with Gasteiger partial charge < -0.3 is 9.67 Å². The molecule has 2 aromatic heterocycles. The van der Waals surface area contributed by atoms with E-state index in [0.29, 0.717) is 5.92 Å². The first kappa shape index (κ1) is 13.8. The molecule has 0 saturated heterocycles. The molecule has 3 aromatic rings. The number of thiophene rings is 1. The van der Waals surface area contributed by atoms with E-state index in [2.05, 4.69) is 34.8 Å². The molecule has 0 aliphatic carbocycles. The molecule has 0 amide bonds. The van der Waals surface area contributed by atoms with Crippen LogP contribution < -0.4 is 0 Å². The van der Waals surface area contributed by atoms with Crippen molar-refractivity contribution in [1.29, 1.82) is 0 Å². The molecule has 0 spiro atoms. The molecule has 108 valence electrons. The van der Waals surface area contributed by atoms with Crippen molar-refractivity contribution in [3.8, 4) is 0 Å². The van der Waals surface area contributed by atoms with E-state index in [0.717, 1.165) is 11.0 Å². The van der Waals surface area contributed by atoms with Crippen LogP contribution in [0.15, 0.2) is 42.0 Å². The Hall–Kier alpha value is -2.14. The summed E-state index contributed by atoms with van der Waals surface area (Å²) in [6, 6.07) is 9.38. The van der Waals surface area contributed by atoms with Gasteiger partial charge in [-0.05, 0) is 35.6 Å². The zero-order valence-corrected chi connectivity index (χ0v) is 12.7. The van der Waals surface area contributed by atoms with Crippen LogP contribution in [0.2, 0.25) is 0 Å². The summed E-state index contributed by atoms with van der Waals surface area (Å²) < 4.78 is 2.08. The summed E-state index contributed by atoms with van der Waals surface area (Å²) in [5, 5.41) is 11.2. The summed E-state index contributed by atoms with van der Waals surface area (Å²) in [7, 11) is 0. The number of nitrogens with zero attached hydrogens (tertiary/aromatic N) is 2. The third-order valence-corrected chi connectivity index (χ3v) is 4.53. The van der Waals surface area contributed by atoms with E-state index < -0.39 is 5.97 Å². The molecule has 5 heteroatoms. The molecule has 0 saturated carbocycles. The number of benzene rings is 1. The van der Waals surface area contributed by atoms with Crippen molar-refractivity contribution in [2.45, 2.75) is 19.9 Å². The number of imidazole rings is 1. The van der Waals surface area contributed by atoms with Gasteiger partial charge in [-0.2, -0.15) is 0 Å². The number of rotatable bonds is 4. The zero-order valence-electron chi connectivity index (χ0n) is 11.9. The van der Waals surface area contributed by atoms with Crippen LogP contribution in [0.5, 0.6) is 0 Å². The minimum atomic E-state index is -0.915. The van der Waals surface area contributed by atoms with Gasteiger partial charge in [-0.15, -0.1) is 11.3 Å². The van der Waals surface area contributed by atoms with Gasteiger partial charge in [0.2, 0.25) is 0 Å². The molecule has 0 aliphatic heterocycles. The van der Waals surface area contributed by atoms with Crippen molar-refractivity contribution in [2.24, 2.45) is 5.92 Å². The highest BCUT2D eigenvalue weighted by molar-refractivity contribution is 7.10. The molecule has 0 aliphatic rings. The Balaban J connectivity index is 2.18. The molecule has 0 bridgehead atoms. The van der Waals surface area contributed by atoms with Gasteiger partial charge in [0.1, 0.15) is 0 Å². The second-order valence-electron chi connectivity index (χ2n) is 5.36. The number of hydrogen-bond donors (Lipinski definition) is 1. The van der Waals surface area contributed by atoms with E-state index in [4.69, 9.17) is 0 Å². The van der Waals surface area contributed by atoms with Crippen molar-refractivity contribution in [3.05, 3.63) is 52.5 Å². The summed E-state index contributed by atoms with van der Waals surface area (Å²) in [4.78, 5) is 16.8. The lowest BCUT2D eigenvalue weighted by molar-refractivity contribution is 0.0697. The number of carbonyl (C=O) groups is 1. The highest BCUT2D eigenvalue weighted by atomic mass is 32.1. The van der Waals surface area contributed by atoms with Gasteiger partial charge in [0, 0.05) is 4.88 Å². The highest BCUT2D eigenvalue weighted by Crippen LogP contribution is 2.32. The molecule has 3 rings (SSSR count). The minimum absolute atomic E-state index is 0.166. The van der Waals surface area contributed by atoms with Crippen LogP contribution in [-0.2, 0) is 0 Å². The first-order chi connectivity index (χ1) is 10.1. The van der Waals surface area contributed by atoms with Crippen molar-refractivity contribution in [2.75, 3.05) is 0 Å². The van der Waals surface area contributed by atoms with Crippen LogP contribution in [0.3, 0.4) is 0 Å². The van der Waals surface area contributed by atoms with E-state index >= 15 is 0 Å². The average molecular weight is 300 g/mol. The summed E-state index contributed by atoms with van der Waals surface area (Å²) >= 11 is 1.71. The number of carboxylic acids is 1. The summed E-state index contributed by atoms with van der Waals surface area (Å²) in [6.45, 7) is 4.33. The van der Waals surface area contributed by atoms with Crippen LogP contribution in [0.25, 0.3) is 11.0 Å². The fourth-order valence-corrected chi connectivity index (χ4v) is 3.62. The van der Waals surface area contributed by atoms with E-state index in [1.165, 1.54) is 4.88 Å². The maximum absolute atomic E-state index is 11.2. The number of fused-ring (bicyclic) bond motifs is 1. The van der Waals surface area contributed by atoms with Gasteiger partial charge in [-0.25, -0.2) is 9.78 Å². The monoisotopic (exact) mass is 300 g/mol. The molecule has 2 heterocycles. The largest absolute Gasteiger partial charge is 0.478 e. The molecule has 0 fully saturated rings. The third kappa shape index (κ3) is 2.45. The summed E-state index contributed by atoms with van der Waals surface area (Å²) in [5.41, 5.74) is 1.97. The van der Waals surface area contributed by atoms with Crippen molar-refractivity contribution < 1.29 is 9.90 Å². The van der Waals surface area contributed by atoms with Crippen molar-refractivity contribution in [1.82, 2.24) is 9.55 Å². The Bertz CT molecular complexity index is 775. The Kier molecular flexibility index (Phi) is 3.51. The first-order valence-corrected chi connectivity index (χ1v) is 7.69. The fourth-order valence-electron chi connectivity index (χ4n) is 2.63. The lowest BCUT2D eigenvalue weighted by Crippen LogP contribution is -2.14. The van der Waals surface area contributed by atoms with Gasteiger partial charge in [0.15, 0.2) is 0 Å². The second kappa shape index (κ2) is 5.33. The number of carboxylic acid groups (broad SMARTS) is 1. The topological polar surface area (TPSA) is 55.1 Å². The fraction of sp³-hybridized carbons (Fsp3) is 0.250. The minimum Gasteiger partial charge on any atom is -0.478 e. The maximum atomic E-state index is 11.2. The quantitative estimate of drug-likeness (QED) is 0.791. The van der Waals surface area contributed by atoms with E-state index in [1.807, 2.05) is 6.07 Å². The first-order valence-electron chi connectivity index (χ1n) is 6.81. The lowest BCUT2D eigenvalue weighted by Gasteiger charge is -2.22. The Morgan fingerprint density at radius 2 is 2.14 bits per heavy atom. The van der Waals surface area contributed by atoms with Gasteiger partial charge in [-0.1, -0.05) is 19.9 Å². The molecular weight excluding hydrogens is 284 g/mol. The Labute approximate surface area is 126 Å². The molecule has 1 unspecified atom stereocenters. The molecule has 4 nitrogen and oxygen atoms in total. The van der Waals surface area contributed by atoms with Crippen molar-refractivity contribution >= 4 is 28.3 Å². The van der Waals surface area contributed by atoms with E-state index in [-0.39, 0.29) is 11.6 Å². The Morgan fingerprint density at radius 3 is 2.76 bits per heavy atom. The lowest BCUT2D eigenvalue weighted by atomic mass is 10.0. The predicted molar refractivity (Wildman–Crippen MR) is 84.0 cm³/mol. The van der Waals surface area contributed by atoms with E-state index in [9.17, 15) is 9.90 Å². The van der Waals surface area contributed by atoms with Crippen LogP contribution >= 0.6 is 11.3 Å². The molecule has 1 N–H and O–H groups in total. The second-order valence-corrected chi connectivity index (χ2v) is 6.34. The summed E-state index contributed by atoms with van der Waals surface area (Å²) in [6.07, 6.45) is 1.81. The maximum Gasteiger partial charge on any atom is 0.335 e. The number of hydrogen-bond acceptors (Lipinski definition) is 3. The van der Waals surface area contributed by atoms with Gasteiger partial charge >= 0.3 is 5.97 Å². The van der Waals surface area contributed by atoms with Crippen molar-refractivity contribution in [3.63, 3.8) is 0 Å². The Morgan fingerprint density at radius 1 is 1.33 bits per heavy atom. The molecule has 0 radical (unpaired) electrons. The molecule has 21 heavy (non-hydrogen) atoms. The summed E-state index contributed by atoms with van der Waals surface area (Å²) in [5.74, 6) is -0.531. The standard InChI is InChI=1S/C16H16N2O2S/c1-10(2)15(14-4-3-7-21-14)18-9-17-12-6-5-11(16(19)20)8-13(12)18/h3-10,15H,1-2H3,(H,19,20). The molecule has 1 atom stereocenters. The smallest absolute Gasteiger partial charge is 0.335 e. The van der Waals surface area contributed by atoms with Crippen LogP contribution in [0.1, 0.15) is 35.1 Å². The highest BCUT2D eigenvalue weighted by Gasteiger charge is 2.21. The van der Waals surface area contributed by atoms with Gasteiger partial charge in [0.05, 0.1) is 29.0 Å². The van der Waals surface area contributed by atoms with Crippen LogP contribution in [0.4, 0.5) is 0 Å². The SMILES string of the molecule is CC(C)C(c1cccs1)n1cnc2ccc(C(=O)O)cc21.